The third-order valence-electron chi connectivity index (χ3n) is 8.16. The molecule has 1 aliphatic heterocycles. The molecule has 2 aliphatic rings. The van der Waals surface area contributed by atoms with Crippen LogP contribution >= 0.6 is 0 Å². The fraction of sp³-hybridized carbons (Fsp3) is 0.457. The summed E-state index contributed by atoms with van der Waals surface area (Å²) in [6.07, 6.45) is -0.291. The Bertz CT molecular complexity index is 1240. The van der Waals surface area contributed by atoms with E-state index < -0.39 is 6.10 Å². The zero-order chi connectivity index (χ0) is 28.8. The normalized spacial score (nSPS) is 20.7. The van der Waals surface area contributed by atoms with E-state index in [1.54, 1.807) is 0 Å². The van der Waals surface area contributed by atoms with Gasteiger partial charge in [0.25, 0.3) is 0 Å². The molecule has 0 bridgehead atoms. The van der Waals surface area contributed by atoms with Crippen LogP contribution < -0.4 is 14.8 Å². The van der Waals surface area contributed by atoms with Crippen molar-refractivity contribution in [1.29, 1.82) is 0 Å². The minimum Gasteiger partial charge on any atom is -0.492 e. The highest BCUT2D eigenvalue weighted by atomic mass is 16.6. The molecular formula is C35H44N2O4. The highest BCUT2D eigenvalue weighted by molar-refractivity contribution is 5.75. The van der Waals surface area contributed by atoms with Gasteiger partial charge in [0.2, 0.25) is 0 Å². The van der Waals surface area contributed by atoms with E-state index in [1.165, 1.54) is 24.2 Å². The van der Waals surface area contributed by atoms with Gasteiger partial charge in [-0.15, -0.1) is 0 Å². The highest BCUT2D eigenvalue weighted by Gasteiger charge is 2.55. The summed E-state index contributed by atoms with van der Waals surface area (Å²) < 4.78 is 17.4. The van der Waals surface area contributed by atoms with Crippen molar-refractivity contribution in [3.63, 3.8) is 0 Å². The number of nitrogens with one attached hydrogen (secondary N) is 1. The van der Waals surface area contributed by atoms with Gasteiger partial charge in [-0.1, -0.05) is 75.4 Å². The van der Waals surface area contributed by atoms with Crippen molar-refractivity contribution in [2.24, 2.45) is 11.8 Å². The first-order chi connectivity index (χ1) is 19.8. The Kier molecular flexibility index (Phi) is 9.31. The fourth-order valence-corrected chi connectivity index (χ4v) is 5.82. The molecule has 0 aromatic heterocycles. The molecule has 5 rings (SSSR count). The van der Waals surface area contributed by atoms with Crippen LogP contribution in [-0.2, 0) is 27.9 Å². The van der Waals surface area contributed by atoms with Crippen LogP contribution in [0.5, 0.6) is 11.5 Å². The van der Waals surface area contributed by atoms with Crippen molar-refractivity contribution >= 4 is 5.97 Å². The average Bonchev–Trinajstić information content (AvgIpc) is 3.41. The van der Waals surface area contributed by atoms with E-state index in [0.717, 1.165) is 36.2 Å². The standard InChI is InChI=1S/C35H44N2O4/c1-5-39-34(38)32(41-29-17-13-27(14-18-29)35(2,3)4)21-25-11-15-28(16-12-25)40-20-19-36-33-30-23-37(24-31(30)33)22-26-9-7-6-8-10-26/h6-18,30-33,36H,5,19-24H2,1-4H3/t30-,31?,32-,33?/m0/s1. The molecule has 0 radical (unpaired) electrons. The number of piperidine rings is 1. The fourth-order valence-electron chi connectivity index (χ4n) is 5.82. The van der Waals surface area contributed by atoms with Gasteiger partial charge in [0.1, 0.15) is 18.1 Å². The Labute approximate surface area is 245 Å². The summed E-state index contributed by atoms with van der Waals surface area (Å²) in [6.45, 7) is 13.5. The van der Waals surface area contributed by atoms with Crippen LogP contribution in [0.15, 0.2) is 78.9 Å². The quantitative estimate of drug-likeness (QED) is 0.217. The molecule has 1 saturated heterocycles. The molecule has 1 aliphatic carbocycles. The highest BCUT2D eigenvalue weighted by Crippen LogP contribution is 2.45. The van der Waals surface area contributed by atoms with Crippen LogP contribution in [0.25, 0.3) is 0 Å². The van der Waals surface area contributed by atoms with Gasteiger partial charge in [0.05, 0.1) is 6.61 Å². The number of rotatable bonds is 13. The molecule has 6 nitrogen and oxygen atoms in total. The number of hydrogen-bond acceptors (Lipinski definition) is 6. The van der Waals surface area contributed by atoms with Gasteiger partial charge < -0.3 is 19.5 Å². The Morgan fingerprint density at radius 2 is 1.56 bits per heavy atom. The van der Waals surface area contributed by atoms with Gasteiger partial charge in [-0.3, -0.25) is 4.90 Å². The van der Waals surface area contributed by atoms with Crippen LogP contribution in [0.1, 0.15) is 44.4 Å². The zero-order valence-electron chi connectivity index (χ0n) is 24.8. The van der Waals surface area contributed by atoms with Crippen LogP contribution in [0, 0.1) is 11.8 Å². The number of esters is 1. The number of carbonyl (C=O) groups is 1. The molecule has 0 spiro atoms. The summed E-state index contributed by atoms with van der Waals surface area (Å²) in [5.41, 5.74) is 3.66. The number of benzene rings is 3. The minimum absolute atomic E-state index is 0.0560. The molecule has 1 heterocycles. The molecule has 4 atom stereocenters. The molecule has 1 saturated carbocycles. The topological polar surface area (TPSA) is 60.0 Å². The molecule has 0 amide bonds. The Balaban J connectivity index is 1.04. The maximum absolute atomic E-state index is 12.7. The van der Waals surface area contributed by atoms with E-state index >= 15 is 0 Å². The Morgan fingerprint density at radius 3 is 2.20 bits per heavy atom. The molecule has 2 unspecified atom stereocenters. The molecule has 218 valence electrons. The average molecular weight is 557 g/mol. The van der Waals surface area contributed by atoms with E-state index in [9.17, 15) is 4.79 Å². The molecule has 6 heteroatoms. The van der Waals surface area contributed by atoms with Crippen molar-refractivity contribution in [2.45, 2.75) is 58.2 Å². The first kappa shape index (κ1) is 29.2. The van der Waals surface area contributed by atoms with Gasteiger partial charge in [0, 0.05) is 38.6 Å². The smallest absolute Gasteiger partial charge is 0.347 e. The van der Waals surface area contributed by atoms with Gasteiger partial charge in [-0.05, 0) is 65.1 Å². The number of nitrogens with zero attached hydrogens (tertiary/aromatic N) is 1. The van der Waals surface area contributed by atoms with Gasteiger partial charge in [-0.25, -0.2) is 4.79 Å². The van der Waals surface area contributed by atoms with Crippen LogP contribution in [-0.4, -0.2) is 55.9 Å². The van der Waals surface area contributed by atoms with Crippen molar-refractivity contribution in [3.05, 3.63) is 95.6 Å². The SMILES string of the molecule is CCOC(=O)[C@H](Cc1ccc(OCCNC2C3CN(Cc4ccccc4)C[C@@H]32)cc1)Oc1ccc(C(C)(C)C)cc1. The van der Waals surface area contributed by atoms with E-state index in [2.05, 4.69) is 73.5 Å². The summed E-state index contributed by atoms with van der Waals surface area (Å²) in [5, 5.41) is 3.69. The van der Waals surface area contributed by atoms with E-state index in [1.807, 2.05) is 43.3 Å². The predicted molar refractivity (Wildman–Crippen MR) is 162 cm³/mol. The van der Waals surface area contributed by atoms with E-state index in [0.29, 0.717) is 31.4 Å². The van der Waals surface area contributed by atoms with Crippen molar-refractivity contribution in [1.82, 2.24) is 10.2 Å². The number of carbonyl (C=O) groups excluding carboxylic acids is 1. The molecular weight excluding hydrogens is 512 g/mol. The lowest BCUT2D eigenvalue weighted by Crippen LogP contribution is -2.33. The number of fused-ring (bicyclic) bond motifs is 1. The largest absolute Gasteiger partial charge is 0.492 e. The minimum atomic E-state index is -0.715. The third-order valence-corrected chi connectivity index (χ3v) is 8.16. The second kappa shape index (κ2) is 13.1. The van der Waals surface area contributed by atoms with Crippen molar-refractivity contribution in [3.8, 4) is 11.5 Å². The van der Waals surface area contributed by atoms with Crippen LogP contribution in [0.2, 0.25) is 0 Å². The lowest BCUT2D eigenvalue weighted by atomic mass is 9.87. The van der Waals surface area contributed by atoms with Crippen molar-refractivity contribution < 1.29 is 19.0 Å². The van der Waals surface area contributed by atoms with Gasteiger partial charge in [-0.2, -0.15) is 0 Å². The summed E-state index contributed by atoms with van der Waals surface area (Å²) in [4.78, 5) is 15.2. The number of hydrogen-bond donors (Lipinski definition) is 1. The molecule has 1 N–H and O–H groups in total. The van der Waals surface area contributed by atoms with Gasteiger partial charge >= 0.3 is 5.97 Å². The van der Waals surface area contributed by atoms with Crippen molar-refractivity contribution in [2.75, 3.05) is 32.8 Å². The summed E-state index contributed by atoms with van der Waals surface area (Å²) >= 11 is 0. The predicted octanol–water partition coefficient (Wildman–Crippen LogP) is 5.64. The molecule has 41 heavy (non-hydrogen) atoms. The monoisotopic (exact) mass is 556 g/mol. The first-order valence-corrected chi connectivity index (χ1v) is 15.0. The maximum atomic E-state index is 12.7. The summed E-state index contributed by atoms with van der Waals surface area (Å²) in [6, 6.07) is 27.2. The lowest BCUT2D eigenvalue weighted by Gasteiger charge is -2.21. The second-order valence-electron chi connectivity index (χ2n) is 12.3. The third kappa shape index (κ3) is 7.90. The van der Waals surface area contributed by atoms with Gasteiger partial charge in [0.15, 0.2) is 6.10 Å². The summed E-state index contributed by atoms with van der Waals surface area (Å²) in [7, 11) is 0. The zero-order valence-corrected chi connectivity index (χ0v) is 24.8. The van der Waals surface area contributed by atoms with E-state index in [-0.39, 0.29) is 11.4 Å². The Hall–Kier alpha value is -3.35. The second-order valence-corrected chi connectivity index (χ2v) is 12.3. The lowest BCUT2D eigenvalue weighted by molar-refractivity contribution is -0.151. The maximum Gasteiger partial charge on any atom is 0.347 e. The van der Waals surface area contributed by atoms with Crippen LogP contribution in [0.3, 0.4) is 0 Å². The van der Waals surface area contributed by atoms with E-state index in [4.69, 9.17) is 14.2 Å². The summed E-state index contributed by atoms with van der Waals surface area (Å²) in [5.74, 6) is 2.67. The number of likely N-dealkylation sites (tertiary alicyclic amines) is 1. The molecule has 3 aromatic rings. The van der Waals surface area contributed by atoms with Crippen LogP contribution in [0.4, 0.5) is 0 Å². The molecule has 3 aromatic carbocycles. The first-order valence-electron chi connectivity index (χ1n) is 15.0. The number of ether oxygens (including phenoxy) is 3. The molecule has 2 fully saturated rings. The Morgan fingerprint density at radius 1 is 0.902 bits per heavy atom.